The molecule has 2 heteroatoms. The molecule has 3 fully saturated rings. The SMILES string of the molecule is C=C(CCC(C)[C@H]1CCC2C3C(C=O)=C4C[C@@H](O)CCC4(C)C3CCC21C)C(C)C. The normalized spacial score (nSPS) is 43.9. The molecule has 0 saturated heterocycles. The molecule has 0 heterocycles. The summed E-state index contributed by atoms with van der Waals surface area (Å²) in [5, 5.41) is 10.4. The van der Waals surface area contributed by atoms with Crippen LogP contribution >= 0.6 is 0 Å². The van der Waals surface area contributed by atoms with Gasteiger partial charge in [-0.05, 0) is 110 Å². The van der Waals surface area contributed by atoms with Gasteiger partial charge in [0.25, 0.3) is 0 Å². The Balaban J connectivity index is 1.58. The highest BCUT2D eigenvalue weighted by Crippen LogP contribution is 2.70. The second-order valence-electron chi connectivity index (χ2n) is 12.2. The summed E-state index contributed by atoms with van der Waals surface area (Å²) in [5.74, 6) is 3.77. The number of aldehydes is 1. The van der Waals surface area contributed by atoms with E-state index in [1.165, 1.54) is 49.5 Å². The number of aliphatic hydroxyl groups excluding tert-OH is 1. The van der Waals surface area contributed by atoms with E-state index in [4.69, 9.17) is 0 Å². The van der Waals surface area contributed by atoms with Crippen LogP contribution in [0.1, 0.15) is 92.4 Å². The molecule has 2 nitrogen and oxygen atoms in total. The Hall–Kier alpha value is -0.890. The van der Waals surface area contributed by atoms with E-state index in [-0.39, 0.29) is 11.5 Å². The minimum atomic E-state index is -0.250. The zero-order valence-electron chi connectivity index (χ0n) is 20.0. The Labute approximate surface area is 184 Å². The van der Waals surface area contributed by atoms with Crippen LogP contribution in [-0.2, 0) is 4.79 Å². The molecule has 3 saturated carbocycles. The Kier molecular flexibility index (Phi) is 5.88. The van der Waals surface area contributed by atoms with Gasteiger partial charge in [0.05, 0.1) is 6.10 Å². The number of allylic oxidation sites excluding steroid dienone is 2. The molecule has 1 N–H and O–H groups in total. The summed E-state index contributed by atoms with van der Waals surface area (Å²) in [6, 6.07) is 0. The van der Waals surface area contributed by atoms with Gasteiger partial charge in [-0.25, -0.2) is 0 Å². The Morgan fingerprint density at radius 1 is 1.13 bits per heavy atom. The predicted octanol–water partition coefficient (Wildman–Crippen LogP) is 6.73. The largest absolute Gasteiger partial charge is 0.393 e. The number of carbonyl (C=O) groups excluding carboxylic acids is 1. The highest BCUT2D eigenvalue weighted by molar-refractivity contribution is 5.78. The van der Waals surface area contributed by atoms with Gasteiger partial charge in [0.2, 0.25) is 0 Å². The van der Waals surface area contributed by atoms with Crippen LogP contribution in [0.25, 0.3) is 0 Å². The number of fused-ring (bicyclic) bond motifs is 5. The number of hydrogen-bond donors (Lipinski definition) is 1. The van der Waals surface area contributed by atoms with Gasteiger partial charge in [0.1, 0.15) is 6.29 Å². The standard InChI is InChI=1S/C28H44O2/c1-17(2)18(3)7-8-19(4)22-9-10-23-26-21(16-29)25-15-20(30)11-13-28(25,6)24(26)12-14-27(22,23)5/h16-17,19-20,22-24,26,30H,3,7-15H2,1-2,4-6H3/t19?,20-,22+,23?,24?,26?,27?,28?/m0/s1. The Morgan fingerprint density at radius 2 is 1.87 bits per heavy atom. The summed E-state index contributed by atoms with van der Waals surface area (Å²) < 4.78 is 0. The fourth-order valence-corrected chi connectivity index (χ4v) is 8.56. The quantitative estimate of drug-likeness (QED) is 0.388. The number of rotatable bonds is 6. The van der Waals surface area contributed by atoms with Crippen LogP contribution in [-0.4, -0.2) is 17.5 Å². The van der Waals surface area contributed by atoms with Gasteiger partial charge < -0.3 is 5.11 Å². The molecule has 0 aromatic rings. The maximum atomic E-state index is 12.4. The van der Waals surface area contributed by atoms with E-state index in [1.54, 1.807) is 0 Å². The molecule has 168 valence electrons. The van der Waals surface area contributed by atoms with Crippen molar-refractivity contribution in [1.82, 2.24) is 0 Å². The predicted molar refractivity (Wildman–Crippen MR) is 124 cm³/mol. The van der Waals surface area contributed by atoms with Crippen molar-refractivity contribution in [2.45, 2.75) is 98.5 Å². The van der Waals surface area contributed by atoms with Gasteiger partial charge in [-0.3, -0.25) is 4.79 Å². The van der Waals surface area contributed by atoms with E-state index in [0.29, 0.717) is 29.1 Å². The minimum absolute atomic E-state index is 0.153. The van der Waals surface area contributed by atoms with Gasteiger partial charge in [-0.1, -0.05) is 52.3 Å². The lowest BCUT2D eigenvalue weighted by atomic mass is 9.52. The molecule has 4 rings (SSSR count). The number of hydrogen-bond acceptors (Lipinski definition) is 2. The zero-order valence-corrected chi connectivity index (χ0v) is 20.0. The molecule has 6 unspecified atom stereocenters. The highest BCUT2D eigenvalue weighted by atomic mass is 16.3. The number of carbonyl (C=O) groups is 1. The van der Waals surface area contributed by atoms with E-state index in [2.05, 4.69) is 41.2 Å². The smallest absolute Gasteiger partial charge is 0.146 e. The minimum Gasteiger partial charge on any atom is -0.393 e. The summed E-state index contributed by atoms with van der Waals surface area (Å²) in [7, 11) is 0. The monoisotopic (exact) mass is 412 g/mol. The summed E-state index contributed by atoms with van der Waals surface area (Å²) in [5.41, 5.74) is 4.35. The van der Waals surface area contributed by atoms with Crippen LogP contribution < -0.4 is 0 Å². The summed E-state index contributed by atoms with van der Waals surface area (Å²) >= 11 is 0. The lowest BCUT2D eigenvalue weighted by Crippen LogP contribution is -2.45. The molecule has 30 heavy (non-hydrogen) atoms. The average Bonchev–Trinajstić information content (AvgIpc) is 3.17. The maximum Gasteiger partial charge on any atom is 0.146 e. The van der Waals surface area contributed by atoms with Crippen LogP contribution in [0.4, 0.5) is 0 Å². The van der Waals surface area contributed by atoms with Crippen molar-refractivity contribution in [1.29, 1.82) is 0 Å². The van der Waals surface area contributed by atoms with Crippen molar-refractivity contribution in [2.75, 3.05) is 0 Å². The molecule has 4 aliphatic carbocycles. The molecular formula is C28H44O2. The lowest BCUT2D eigenvalue weighted by Gasteiger charge is -2.52. The molecule has 0 aromatic carbocycles. The van der Waals surface area contributed by atoms with Crippen LogP contribution in [0.3, 0.4) is 0 Å². The second-order valence-corrected chi connectivity index (χ2v) is 12.2. The van der Waals surface area contributed by atoms with Crippen molar-refractivity contribution >= 4 is 6.29 Å². The van der Waals surface area contributed by atoms with Crippen LogP contribution in [0.2, 0.25) is 0 Å². The van der Waals surface area contributed by atoms with E-state index >= 15 is 0 Å². The molecule has 0 radical (unpaired) electrons. The van der Waals surface area contributed by atoms with Crippen molar-refractivity contribution in [2.24, 2.45) is 46.3 Å². The third-order valence-corrected chi connectivity index (χ3v) is 10.5. The van der Waals surface area contributed by atoms with E-state index in [9.17, 15) is 9.90 Å². The van der Waals surface area contributed by atoms with Gasteiger partial charge in [-0.2, -0.15) is 0 Å². The van der Waals surface area contributed by atoms with Gasteiger partial charge >= 0.3 is 0 Å². The first-order chi connectivity index (χ1) is 14.1. The second kappa shape index (κ2) is 7.91. The molecule has 8 atom stereocenters. The maximum absolute atomic E-state index is 12.4. The molecule has 0 amide bonds. The summed E-state index contributed by atoms with van der Waals surface area (Å²) in [6.45, 7) is 16.3. The molecular weight excluding hydrogens is 368 g/mol. The van der Waals surface area contributed by atoms with Crippen LogP contribution in [0, 0.1) is 46.3 Å². The van der Waals surface area contributed by atoms with E-state index in [0.717, 1.165) is 43.1 Å². The zero-order chi connectivity index (χ0) is 21.8. The Bertz CT molecular complexity index is 733. The average molecular weight is 413 g/mol. The first-order valence-corrected chi connectivity index (χ1v) is 12.7. The van der Waals surface area contributed by atoms with Gasteiger partial charge in [-0.15, -0.1) is 0 Å². The fourth-order valence-electron chi connectivity index (χ4n) is 8.56. The molecule has 0 aliphatic heterocycles. The highest BCUT2D eigenvalue weighted by Gasteiger charge is 2.62. The first kappa shape index (κ1) is 22.3. The van der Waals surface area contributed by atoms with Crippen molar-refractivity contribution in [3.05, 3.63) is 23.3 Å². The Morgan fingerprint density at radius 3 is 2.53 bits per heavy atom. The lowest BCUT2D eigenvalue weighted by molar-refractivity contribution is -0.106. The first-order valence-electron chi connectivity index (χ1n) is 12.7. The third kappa shape index (κ3) is 3.28. The molecule has 0 bridgehead atoms. The van der Waals surface area contributed by atoms with Crippen LogP contribution in [0.5, 0.6) is 0 Å². The van der Waals surface area contributed by atoms with Crippen molar-refractivity contribution in [3.8, 4) is 0 Å². The van der Waals surface area contributed by atoms with Gasteiger partial charge in [0.15, 0.2) is 0 Å². The fraction of sp³-hybridized carbons (Fsp3) is 0.821. The summed E-state index contributed by atoms with van der Waals surface area (Å²) in [4.78, 5) is 12.4. The van der Waals surface area contributed by atoms with Crippen molar-refractivity contribution < 1.29 is 9.90 Å². The topological polar surface area (TPSA) is 37.3 Å². The molecule has 0 aromatic heterocycles. The number of aliphatic hydroxyl groups is 1. The van der Waals surface area contributed by atoms with Crippen LogP contribution in [0.15, 0.2) is 23.3 Å². The molecule has 4 aliphatic rings. The summed E-state index contributed by atoms with van der Waals surface area (Å²) in [6.07, 6.45) is 11.2. The van der Waals surface area contributed by atoms with Gasteiger partial charge in [0, 0.05) is 0 Å². The third-order valence-electron chi connectivity index (χ3n) is 10.5. The van der Waals surface area contributed by atoms with E-state index < -0.39 is 0 Å². The van der Waals surface area contributed by atoms with E-state index in [1.807, 2.05) is 0 Å². The molecule has 0 spiro atoms. The van der Waals surface area contributed by atoms with Crippen molar-refractivity contribution in [3.63, 3.8) is 0 Å².